The van der Waals surface area contributed by atoms with Crippen molar-refractivity contribution in [3.8, 4) is 0 Å². The maximum atomic E-state index is 14.0. The third kappa shape index (κ3) is 4.10. The average molecular weight is 448 g/mol. The zero-order valence-electron chi connectivity index (χ0n) is 12.4. The third-order valence-corrected chi connectivity index (χ3v) is 5.01. The summed E-state index contributed by atoms with van der Waals surface area (Å²) in [6, 6.07) is -5.61. The van der Waals surface area contributed by atoms with Crippen LogP contribution in [0.1, 0.15) is 6.92 Å². The summed E-state index contributed by atoms with van der Waals surface area (Å²) in [5.74, 6) is 0. The number of nitrogens with two attached hydrogens (primary N) is 1. The number of hydrazine groups is 1. The van der Waals surface area contributed by atoms with Crippen LogP contribution >= 0.6 is 23.2 Å². The van der Waals surface area contributed by atoms with Gasteiger partial charge in [0.05, 0.1) is 5.02 Å². The number of nitrogens with zero attached hydrogens (tertiary/aromatic N) is 1. The summed E-state index contributed by atoms with van der Waals surface area (Å²) in [5.41, 5.74) is -0.844. The fourth-order valence-electron chi connectivity index (χ4n) is 1.48. The molecule has 6 nitrogen and oxygen atoms in total. The average Bonchev–Trinajstić information content (AvgIpc) is 2.42. The molecule has 148 valence electrons. The van der Waals surface area contributed by atoms with E-state index in [2.05, 4.69) is 5.73 Å². The summed E-state index contributed by atoms with van der Waals surface area (Å²) in [7, 11) is -5.17. The predicted molar refractivity (Wildman–Crippen MR) is 78.7 cm³/mol. The molecule has 0 bridgehead atoms. The summed E-state index contributed by atoms with van der Waals surface area (Å²) in [6.07, 6.45) is -6.17. The van der Waals surface area contributed by atoms with Gasteiger partial charge in [0.2, 0.25) is 0 Å². The Morgan fingerprint density at radius 1 is 1.15 bits per heavy atom. The van der Waals surface area contributed by atoms with E-state index in [0.717, 1.165) is 17.0 Å². The van der Waals surface area contributed by atoms with Gasteiger partial charge < -0.3 is 5.73 Å². The Morgan fingerprint density at radius 3 is 2.04 bits per heavy atom. The first-order chi connectivity index (χ1) is 11.4. The Hall–Kier alpha value is -1.44. The number of urea groups is 1. The lowest BCUT2D eigenvalue weighted by molar-refractivity contribution is -0.329. The molecule has 0 saturated carbocycles. The molecule has 3 N–H and O–H groups in total. The summed E-state index contributed by atoms with van der Waals surface area (Å²) < 4.78 is 104. The van der Waals surface area contributed by atoms with Crippen LogP contribution in [-0.2, 0) is 10.0 Å². The maximum absolute atomic E-state index is 14.0. The topological polar surface area (TPSA) is 92.5 Å². The van der Waals surface area contributed by atoms with E-state index >= 15 is 0 Å². The molecule has 2 amide bonds. The quantitative estimate of drug-likeness (QED) is 0.411. The Kier molecular flexibility index (Phi) is 6.03. The van der Waals surface area contributed by atoms with Crippen molar-refractivity contribution in [3.63, 3.8) is 0 Å². The SMILES string of the molecule is CC(F)(C(F)(F)F)C(F)(F)N(NS(=O)(=O)c1ccc(Cl)cc1Cl)C(N)=O. The van der Waals surface area contributed by atoms with Gasteiger partial charge >= 0.3 is 18.3 Å². The lowest BCUT2D eigenvalue weighted by atomic mass is 10.1. The first-order valence-corrected chi connectivity index (χ1v) is 8.39. The van der Waals surface area contributed by atoms with Crippen LogP contribution in [0.4, 0.5) is 31.1 Å². The van der Waals surface area contributed by atoms with E-state index in [4.69, 9.17) is 23.2 Å². The molecule has 1 aromatic carbocycles. The molecule has 26 heavy (non-hydrogen) atoms. The summed E-state index contributed by atoms with van der Waals surface area (Å²) in [5, 5.41) is -2.16. The number of sulfonamides is 1. The standard InChI is InChI=1S/C11H9Cl2F6N3O3S/c1-9(14,10(15,16)17)11(18,19)22(8(20)23)21-26(24,25)7-3-2-5(12)4-6(7)13/h2-4,21H,1H3,(H2,20,23). The largest absolute Gasteiger partial charge is 0.430 e. The molecule has 0 spiro atoms. The van der Waals surface area contributed by atoms with Gasteiger partial charge in [-0.25, -0.2) is 17.6 Å². The number of primary amides is 1. The Morgan fingerprint density at radius 2 is 1.65 bits per heavy atom. The number of amides is 2. The van der Waals surface area contributed by atoms with Gasteiger partial charge in [0.1, 0.15) is 4.90 Å². The first kappa shape index (κ1) is 22.6. The summed E-state index contributed by atoms with van der Waals surface area (Å²) >= 11 is 11.1. The van der Waals surface area contributed by atoms with E-state index in [1.54, 1.807) is 0 Å². The first-order valence-electron chi connectivity index (χ1n) is 6.16. The van der Waals surface area contributed by atoms with Crippen LogP contribution in [0.15, 0.2) is 23.1 Å². The molecular formula is C11H9Cl2F6N3O3S. The fraction of sp³-hybridized carbons (Fsp3) is 0.364. The molecule has 1 rings (SSSR count). The monoisotopic (exact) mass is 447 g/mol. The Bertz CT molecular complexity index is 816. The normalized spacial score (nSPS) is 15.4. The van der Waals surface area contributed by atoms with E-state index in [9.17, 15) is 39.6 Å². The van der Waals surface area contributed by atoms with Gasteiger partial charge in [-0.1, -0.05) is 23.2 Å². The highest BCUT2D eigenvalue weighted by Crippen LogP contribution is 2.46. The minimum absolute atomic E-state index is 0.0561. The Labute approximate surface area is 152 Å². The van der Waals surface area contributed by atoms with Gasteiger partial charge in [-0.2, -0.15) is 27.0 Å². The van der Waals surface area contributed by atoms with E-state index in [-0.39, 0.29) is 5.02 Å². The Balaban J connectivity index is 3.42. The number of nitrogens with one attached hydrogen (secondary N) is 1. The molecule has 1 unspecified atom stereocenters. The lowest BCUT2D eigenvalue weighted by Crippen LogP contribution is -2.68. The molecule has 0 aromatic heterocycles. The van der Waals surface area contributed by atoms with Crippen LogP contribution in [0.5, 0.6) is 0 Å². The number of hydrogen-bond donors (Lipinski definition) is 2. The minimum Gasteiger partial charge on any atom is -0.350 e. The second-order valence-corrected chi connectivity index (χ2v) is 7.36. The molecule has 0 saturated heterocycles. The van der Waals surface area contributed by atoms with Crippen molar-refractivity contribution in [2.45, 2.75) is 29.7 Å². The van der Waals surface area contributed by atoms with Crippen LogP contribution in [0.2, 0.25) is 10.0 Å². The van der Waals surface area contributed by atoms with Gasteiger partial charge in [0.25, 0.3) is 15.7 Å². The fourth-order valence-corrected chi connectivity index (χ4v) is 3.30. The van der Waals surface area contributed by atoms with E-state index in [1.165, 1.54) is 0 Å². The van der Waals surface area contributed by atoms with E-state index in [0.29, 0.717) is 6.07 Å². The second kappa shape index (κ2) is 6.94. The van der Waals surface area contributed by atoms with Crippen LogP contribution in [0, 0.1) is 0 Å². The van der Waals surface area contributed by atoms with E-state index < -0.39 is 55.8 Å². The predicted octanol–water partition coefficient (Wildman–Crippen LogP) is 3.45. The van der Waals surface area contributed by atoms with Crippen LogP contribution in [0.25, 0.3) is 0 Å². The molecule has 0 aliphatic carbocycles. The van der Waals surface area contributed by atoms with Crippen molar-refractivity contribution >= 4 is 39.3 Å². The highest BCUT2D eigenvalue weighted by Gasteiger charge is 2.72. The van der Waals surface area contributed by atoms with Crippen LogP contribution in [0.3, 0.4) is 0 Å². The van der Waals surface area contributed by atoms with Gasteiger partial charge in [0.15, 0.2) is 0 Å². The van der Waals surface area contributed by atoms with Crippen molar-refractivity contribution in [1.29, 1.82) is 0 Å². The molecule has 1 aromatic rings. The molecule has 15 heteroatoms. The summed E-state index contributed by atoms with van der Waals surface area (Å²) in [4.78, 5) is 11.0. The zero-order valence-corrected chi connectivity index (χ0v) is 14.7. The van der Waals surface area contributed by atoms with Crippen molar-refractivity contribution in [2.75, 3.05) is 0 Å². The number of carbonyl (C=O) groups is 1. The number of carbonyl (C=O) groups excluding carboxylic acids is 1. The van der Waals surface area contributed by atoms with Crippen LogP contribution in [-0.4, -0.2) is 37.3 Å². The van der Waals surface area contributed by atoms with Gasteiger partial charge in [-0.3, -0.25) is 0 Å². The molecule has 0 aliphatic rings. The molecule has 0 aliphatic heterocycles. The van der Waals surface area contributed by atoms with Crippen molar-refractivity contribution < 1.29 is 39.6 Å². The smallest absolute Gasteiger partial charge is 0.350 e. The maximum Gasteiger partial charge on any atom is 0.430 e. The number of benzene rings is 1. The van der Waals surface area contributed by atoms with Gasteiger partial charge in [-0.05, 0) is 25.1 Å². The van der Waals surface area contributed by atoms with Gasteiger partial charge in [-0.15, -0.1) is 4.83 Å². The molecule has 0 fully saturated rings. The summed E-state index contributed by atoms with van der Waals surface area (Å²) in [6.45, 7) is -0.591. The zero-order chi connectivity index (χ0) is 20.7. The van der Waals surface area contributed by atoms with Crippen molar-refractivity contribution in [1.82, 2.24) is 9.84 Å². The van der Waals surface area contributed by atoms with Gasteiger partial charge in [0, 0.05) is 5.02 Å². The highest BCUT2D eigenvalue weighted by molar-refractivity contribution is 7.89. The number of rotatable bonds is 5. The van der Waals surface area contributed by atoms with Crippen LogP contribution < -0.4 is 10.6 Å². The molecule has 1 atom stereocenters. The molecule has 0 radical (unpaired) electrons. The van der Waals surface area contributed by atoms with Crippen molar-refractivity contribution in [3.05, 3.63) is 28.2 Å². The number of hydrogen-bond acceptors (Lipinski definition) is 3. The highest BCUT2D eigenvalue weighted by atomic mass is 35.5. The molecular weight excluding hydrogens is 439 g/mol. The third-order valence-electron chi connectivity index (χ3n) is 2.99. The minimum atomic E-state index is -6.17. The molecule has 0 heterocycles. The lowest BCUT2D eigenvalue weighted by Gasteiger charge is -2.37. The second-order valence-electron chi connectivity index (χ2n) is 4.89. The van der Waals surface area contributed by atoms with Crippen molar-refractivity contribution in [2.24, 2.45) is 5.73 Å². The van der Waals surface area contributed by atoms with E-state index in [1.807, 2.05) is 0 Å². The number of alkyl halides is 6. The number of halogens is 8.